The standard InChI is InChI=1S/C9H12N2S/c1-3-8-5-4-6-10-9(8)11-7(2)12/h4-6H,3H2,1-2H3,(H,10,11,12). The Morgan fingerprint density at radius 3 is 3.00 bits per heavy atom. The summed E-state index contributed by atoms with van der Waals surface area (Å²) >= 11 is 4.93. The molecule has 1 heterocycles. The summed E-state index contributed by atoms with van der Waals surface area (Å²) in [7, 11) is 0. The Hall–Kier alpha value is -0.960. The second-order valence-corrected chi connectivity index (χ2v) is 3.16. The van der Waals surface area contributed by atoms with E-state index < -0.39 is 0 Å². The molecule has 1 aromatic heterocycles. The van der Waals surface area contributed by atoms with Crippen LogP contribution in [-0.2, 0) is 6.42 Å². The first-order chi connectivity index (χ1) is 5.74. The minimum Gasteiger partial charge on any atom is -0.335 e. The van der Waals surface area contributed by atoms with Crippen molar-refractivity contribution in [1.82, 2.24) is 4.98 Å². The van der Waals surface area contributed by atoms with Gasteiger partial charge in [0.2, 0.25) is 0 Å². The molecule has 1 aromatic rings. The van der Waals surface area contributed by atoms with Gasteiger partial charge in [0.05, 0.1) is 4.99 Å². The van der Waals surface area contributed by atoms with Crippen molar-refractivity contribution >= 4 is 23.0 Å². The average molecular weight is 180 g/mol. The predicted octanol–water partition coefficient (Wildman–Crippen LogP) is 2.40. The van der Waals surface area contributed by atoms with Gasteiger partial charge in [-0.15, -0.1) is 0 Å². The van der Waals surface area contributed by atoms with Gasteiger partial charge in [0.15, 0.2) is 0 Å². The molecule has 3 heteroatoms. The highest BCUT2D eigenvalue weighted by Gasteiger charge is 1.99. The van der Waals surface area contributed by atoms with Crippen LogP contribution in [0.2, 0.25) is 0 Å². The van der Waals surface area contributed by atoms with Gasteiger partial charge in [0.25, 0.3) is 0 Å². The van der Waals surface area contributed by atoms with Crippen LogP contribution in [-0.4, -0.2) is 9.97 Å². The van der Waals surface area contributed by atoms with Crippen LogP contribution in [0.5, 0.6) is 0 Å². The summed E-state index contributed by atoms with van der Waals surface area (Å²) in [5, 5.41) is 3.04. The Bertz CT molecular complexity index is 284. The van der Waals surface area contributed by atoms with E-state index in [0.29, 0.717) is 0 Å². The van der Waals surface area contributed by atoms with E-state index in [9.17, 15) is 0 Å². The molecule has 0 aliphatic carbocycles. The Morgan fingerprint density at radius 2 is 2.42 bits per heavy atom. The lowest BCUT2D eigenvalue weighted by Crippen LogP contribution is -2.07. The van der Waals surface area contributed by atoms with Gasteiger partial charge in [0.1, 0.15) is 5.82 Å². The molecule has 0 unspecified atom stereocenters. The molecule has 0 aliphatic rings. The second kappa shape index (κ2) is 4.16. The zero-order chi connectivity index (χ0) is 8.97. The molecule has 1 N–H and O–H groups in total. The Kier molecular flexibility index (Phi) is 3.17. The fourth-order valence-corrected chi connectivity index (χ4v) is 1.10. The molecule has 0 atom stereocenters. The van der Waals surface area contributed by atoms with Crippen LogP contribution in [0.4, 0.5) is 5.82 Å². The number of hydrogen-bond donors (Lipinski definition) is 1. The summed E-state index contributed by atoms with van der Waals surface area (Å²) < 4.78 is 0. The number of rotatable bonds is 2. The molecule has 12 heavy (non-hydrogen) atoms. The van der Waals surface area contributed by atoms with Crippen molar-refractivity contribution in [2.45, 2.75) is 20.3 Å². The largest absolute Gasteiger partial charge is 0.335 e. The lowest BCUT2D eigenvalue weighted by molar-refractivity contribution is 1.11. The first-order valence-corrected chi connectivity index (χ1v) is 4.36. The van der Waals surface area contributed by atoms with Crippen LogP contribution in [0, 0.1) is 0 Å². The third-order valence-corrected chi connectivity index (χ3v) is 1.67. The molecule has 0 saturated carbocycles. The quantitative estimate of drug-likeness (QED) is 0.707. The zero-order valence-electron chi connectivity index (χ0n) is 7.29. The van der Waals surface area contributed by atoms with Crippen LogP contribution in [0.15, 0.2) is 18.3 Å². The number of nitrogens with zero attached hydrogens (tertiary/aromatic N) is 1. The topological polar surface area (TPSA) is 24.9 Å². The van der Waals surface area contributed by atoms with Crippen molar-refractivity contribution in [2.75, 3.05) is 5.32 Å². The maximum Gasteiger partial charge on any atom is 0.133 e. The molecule has 0 radical (unpaired) electrons. The number of thiocarbonyl (C=S) groups is 1. The maximum atomic E-state index is 4.93. The van der Waals surface area contributed by atoms with Crippen molar-refractivity contribution in [3.8, 4) is 0 Å². The first-order valence-electron chi connectivity index (χ1n) is 3.95. The van der Waals surface area contributed by atoms with Gasteiger partial charge in [-0.05, 0) is 25.0 Å². The smallest absolute Gasteiger partial charge is 0.133 e. The van der Waals surface area contributed by atoms with Gasteiger partial charge in [0, 0.05) is 6.20 Å². The second-order valence-electron chi connectivity index (χ2n) is 2.55. The van der Waals surface area contributed by atoms with Crippen molar-refractivity contribution < 1.29 is 0 Å². The van der Waals surface area contributed by atoms with Crippen LogP contribution in [0.1, 0.15) is 19.4 Å². The van der Waals surface area contributed by atoms with Crippen LogP contribution < -0.4 is 5.32 Å². The molecule has 2 nitrogen and oxygen atoms in total. The van der Waals surface area contributed by atoms with Gasteiger partial charge in [-0.2, -0.15) is 0 Å². The lowest BCUT2D eigenvalue weighted by Gasteiger charge is -2.06. The number of nitrogens with one attached hydrogen (secondary N) is 1. The number of hydrogen-bond acceptors (Lipinski definition) is 2. The highest BCUT2D eigenvalue weighted by molar-refractivity contribution is 7.80. The molecule has 0 aliphatic heterocycles. The third kappa shape index (κ3) is 2.27. The summed E-state index contributed by atoms with van der Waals surface area (Å²) in [6, 6.07) is 3.98. The van der Waals surface area contributed by atoms with E-state index in [1.807, 2.05) is 19.1 Å². The molecule has 0 fully saturated rings. The fourth-order valence-electron chi connectivity index (χ4n) is 1.00. The molecule has 64 valence electrons. The number of anilines is 1. The number of pyridine rings is 1. The van der Waals surface area contributed by atoms with E-state index in [0.717, 1.165) is 17.2 Å². The third-order valence-electron chi connectivity index (χ3n) is 1.57. The summed E-state index contributed by atoms with van der Waals surface area (Å²) in [6.45, 7) is 3.95. The fraction of sp³-hybridized carbons (Fsp3) is 0.333. The van der Waals surface area contributed by atoms with Crippen molar-refractivity contribution in [1.29, 1.82) is 0 Å². The molecule has 0 amide bonds. The number of aryl methyl sites for hydroxylation is 1. The lowest BCUT2D eigenvalue weighted by atomic mass is 10.2. The van der Waals surface area contributed by atoms with Crippen LogP contribution in [0.3, 0.4) is 0 Å². The normalized spacial score (nSPS) is 9.50. The van der Waals surface area contributed by atoms with Crippen molar-refractivity contribution in [3.63, 3.8) is 0 Å². The monoisotopic (exact) mass is 180 g/mol. The summed E-state index contributed by atoms with van der Waals surface area (Å²) in [6.07, 6.45) is 2.73. The molecule has 1 rings (SSSR count). The SMILES string of the molecule is CCc1cccnc1NC(C)=S. The summed E-state index contributed by atoms with van der Waals surface area (Å²) in [5.41, 5.74) is 1.20. The van der Waals surface area contributed by atoms with Gasteiger partial charge in [-0.1, -0.05) is 25.2 Å². The molecular weight excluding hydrogens is 168 g/mol. The maximum absolute atomic E-state index is 4.93. The number of aromatic nitrogens is 1. The van der Waals surface area contributed by atoms with Gasteiger partial charge >= 0.3 is 0 Å². The van der Waals surface area contributed by atoms with Crippen LogP contribution in [0.25, 0.3) is 0 Å². The van der Waals surface area contributed by atoms with Crippen LogP contribution >= 0.6 is 12.2 Å². The van der Waals surface area contributed by atoms with E-state index in [1.54, 1.807) is 6.20 Å². The van der Waals surface area contributed by atoms with E-state index in [4.69, 9.17) is 12.2 Å². The van der Waals surface area contributed by atoms with Gasteiger partial charge in [-0.25, -0.2) is 4.98 Å². The Balaban J connectivity index is 2.89. The first kappa shape index (κ1) is 9.13. The van der Waals surface area contributed by atoms with Gasteiger partial charge in [-0.3, -0.25) is 0 Å². The average Bonchev–Trinajstić information content (AvgIpc) is 2.04. The molecule has 0 aromatic carbocycles. The molecule has 0 bridgehead atoms. The van der Waals surface area contributed by atoms with E-state index in [-0.39, 0.29) is 0 Å². The Labute approximate surface area is 78.0 Å². The highest BCUT2D eigenvalue weighted by atomic mass is 32.1. The molecule has 0 saturated heterocycles. The minimum absolute atomic E-state index is 0.753. The summed E-state index contributed by atoms with van der Waals surface area (Å²) in [5.74, 6) is 0.882. The predicted molar refractivity (Wildman–Crippen MR) is 55.5 cm³/mol. The van der Waals surface area contributed by atoms with E-state index in [2.05, 4.69) is 17.2 Å². The van der Waals surface area contributed by atoms with E-state index >= 15 is 0 Å². The Morgan fingerprint density at radius 1 is 1.67 bits per heavy atom. The zero-order valence-corrected chi connectivity index (χ0v) is 8.11. The highest BCUT2D eigenvalue weighted by Crippen LogP contribution is 2.11. The van der Waals surface area contributed by atoms with Crippen molar-refractivity contribution in [3.05, 3.63) is 23.9 Å². The van der Waals surface area contributed by atoms with Gasteiger partial charge < -0.3 is 5.32 Å². The minimum atomic E-state index is 0.753. The molecule has 0 spiro atoms. The summed E-state index contributed by atoms with van der Waals surface area (Å²) in [4.78, 5) is 4.94. The van der Waals surface area contributed by atoms with Crippen molar-refractivity contribution in [2.24, 2.45) is 0 Å². The van der Waals surface area contributed by atoms with E-state index in [1.165, 1.54) is 5.56 Å². The molecular formula is C9H12N2S.